The second-order valence-corrected chi connectivity index (χ2v) is 6.59. The molecule has 0 unspecified atom stereocenters. The highest BCUT2D eigenvalue weighted by molar-refractivity contribution is 7.80. The first-order valence-corrected chi connectivity index (χ1v) is 8.66. The zero-order valence-corrected chi connectivity index (χ0v) is 16.3. The van der Waals surface area contributed by atoms with E-state index >= 15 is 0 Å². The maximum absolute atomic E-state index is 12.4. The summed E-state index contributed by atoms with van der Waals surface area (Å²) in [6, 6.07) is 10.2. The van der Waals surface area contributed by atoms with Crippen molar-refractivity contribution >= 4 is 23.2 Å². The molecule has 2 rings (SSSR count). The zero-order chi connectivity index (χ0) is 20.1. The summed E-state index contributed by atoms with van der Waals surface area (Å²) >= 11 is 5.12. The molecule has 140 valence electrons. The van der Waals surface area contributed by atoms with Gasteiger partial charge in [0.2, 0.25) is 0 Å². The number of nitrogens with one attached hydrogen (secondary N) is 2. The van der Waals surface area contributed by atoms with Crippen molar-refractivity contribution in [3.63, 3.8) is 0 Å². The van der Waals surface area contributed by atoms with Gasteiger partial charge in [-0.15, -0.1) is 0 Å². The summed E-state index contributed by atoms with van der Waals surface area (Å²) in [6.07, 6.45) is 0.0378. The predicted molar refractivity (Wildman–Crippen MR) is 107 cm³/mol. The van der Waals surface area contributed by atoms with Gasteiger partial charge >= 0.3 is 0 Å². The summed E-state index contributed by atoms with van der Waals surface area (Å²) in [7, 11) is 0. The molecule has 2 N–H and O–H groups in total. The molecule has 1 aromatic heterocycles. The molecule has 7 nitrogen and oxygen atoms in total. The number of aromatic nitrogens is 1. The van der Waals surface area contributed by atoms with Crippen molar-refractivity contribution < 1.29 is 9.53 Å². The molecule has 0 aliphatic carbocycles. The first-order chi connectivity index (χ1) is 12.7. The first-order valence-electron chi connectivity index (χ1n) is 8.25. The topological polar surface area (TPSA) is 96.2 Å². The van der Waals surface area contributed by atoms with Crippen molar-refractivity contribution in [3.8, 4) is 11.8 Å². The third-order valence-corrected chi connectivity index (χ3v) is 3.82. The van der Waals surface area contributed by atoms with Gasteiger partial charge in [0.15, 0.2) is 5.11 Å². The third kappa shape index (κ3) is 4.92. The molecule has 2 aromatic rings. The number of rotatable bonds is 4. The Morgan fingerprint density at radius 1 is 1.26 bits per heavy atom. The quantitative estimate of drug-likeness (QED) is 0.786. The van der Waals surface area contributed by atoms with Gasteiger partial charge in [-0.2, -0.15) is 5.26 Å². The number of hydrogen-bond donors (Lipinski definition) is 2. The van der Waals surface area contributed by atoms with Crippen molar-refractivity contribution in [1.82, 2.24) is 9.99 Å². The van der Waals surface area contributed by atoms with Gasteiger partial charge in [0.1, 0.15) is 17.4 Å². The number of nitriles is 1. The van der Waals surface area contributed by atoms with E-state index in [0.29, 0.717) is 22.6 Å². The number of amides is 1. The van der Waals surface area contributed by atoms with Gasteiger partial charge in [-0.05, 0) is 75.8 Å². The number of ether oxygens (including phenoxy) is 1. The van der Waals surface area contributed by atoms with E-state index in [9.17, 15) is 9.59 Å². The Bertz CT molecular complexity index is 972. The molecule has 0 bridgehead atoms. The van der Waals surface area contributed by atoms with Crippen LogP contribution in [0.4, 0.5) is 0 Å². The summed E-state index contributed by atoms with van der Waals surface area (Å²) < 4.78 is 6.67. The molecule has 1 amide bonds. The second-order valence-electron chi connectivity index (χ2n) is 6.18. The van der Waals surface area contributed by atoms with Crippen molar-refractivity contribution in [2.75, 3.05) is 5.43 Å². The minimum Gasteiger partial charge on any atom is -0.491 e. The fourth-order valence-electron chi connectivity index (χ4n) is 2.43. The van der Waals surface area contributed by atoms with Crippen LogP contribution in [0.25, 0.3) is 0 Å². The minimum absolute atomic E-state index is 0.0166. The number of carbonyl (C=O) groups is 1. The number of carbonyl (C=O) groups excluding carboxylic acids is 1. The summed E-state index contributed by atoms with van der Waals surface area (Å²) in [5, 5.41) is 11.6. The van der Waals surface area contributed by atoms with Crippen molar-refractivity contribution in [1.29, 1.82) is 5.26 Å². The van der Waals surface area contributed by atoms with Crippen LogP contribution in [0.2, 0.25) is 0 Å². The highest BCUT2D eigenvalue weighted by Crippen LogP contribution is 2.13. The van der Waals surface area contributed by atoms with E-state index in [0.717, 1.165) is 4.68 Å². The Balaban J connectivity index is 2.11. The van der Waals surface area contributed by atoms with Crippen LogP contribution in [0, 0.1) is 25.2 Å². The third-order valence-electron chi connectivity index (χ3n) is 3.63. The van der Waals surface area contributed by atoms with Gasteiger partial charge < -0.3 is 4.74 Å². The highest BCUT2D eigenvalue weighted by Gasteiger charge is 2.13. The average molecular weight is 384 g/mol. The summed E-state index contributed by atoms with van der Waals surface area (Å²) in [5.41, 5.74) is 3.67. The average Bonchev–Trinajstić information content (AvgIpc) is 2.59. The fraction of sp³-hybridized carbons (Fsp3) is 0.263. The molecule has 0 saturated heterocycles. The lowest BCUT2D eigenvalue weighted by Crippen LogP contribution is -2.43. The minimum atomic E-state index is -0.526. The lowest BCUT2D eigenvalue weighted by Gasteiger charge is -2.15. The van der Waals surface area contributed by atoms with Crippen LogP contribution in [0.3, 0.4) is 0 Å². The van der Waals surface area contributed by atoms with E-state index in [1.54, 1.807) is 44.2 Å². The summed E-state index contributed by atoms with van der Waals surface area (Å²) in [5.74, 6) is 0.232. The van der Waals surface area contributed by atoms with Gasteiger partial charge in [0, 0.05) is 11.3 Å². The van der Waals surface area contributed by atoms with Crippen LogP contribution >= 0.6 is 12.2 Å². The molecule has 27 heavy (non-hydrogen) atoms. The second kappa shape index (κ2) is 8.47. The Morgan fingerprint density at radius 3 is 2.44 bits per heavy atom. The largest absolute Gasteiger partial charge is 0.491 e. The van der Waals surface area contributed by atoms with E-state index in [4.69, 9.17) is 22.2 Å². The van der Waals surface area contributed by atoms with E-state index in [1.165, 1.54) is 0 Å². The van der Waals surface area contributed by atoms with Gasteiger partial charge in [-0.3, -0.25) is 20.3 Å². The normalized spacial score (nSPS) is 10.2. The van der Waals surface area contributed by atoms with E-state index in [1.807, 2.05) is 19.9 Å². The number of aryl methyl sites for hydroxylation is 2. The number of nitrogens with zero attached hydrogens (tertiary/aromatic N) is 2. The molecule has 0 fully saturated rings. The van der Waals surface area contributed by atoms with E-state index in [-0.39, 0.29) is 16.8 Å². The molecule has 8 heteroatoms. The van der Waals surface area contributed by atoms with Crippen LogP contribution in [0.15, 0.2) is 35.1 Å². The van der Waals surface area contributed by atoms with Crippen LogP contribution in [-0.2, 0) is 0 Å². The molecule has 0 aliphatic heterocycles. The van der Waals surface area contributed by atoms with Crippen LogP contribution in [-0.4, -0.2) is 21.8 Å². The van der Waals surface area contributed by atoms with Crippen molar-refractivity contribution in [2.45, 2.75) is 33.8 Å². The van der Waals surface area contributed by atoms with Crippen LogP contribution in [0.5, 0.6) is 5.75 Å². The Morgan fingerprint density at radius 2 is 1.89 bits per heavy atom. The highest BCUT2D eigenvalue weighted by atomic mass is 32.1. The van der Waals surface area contributed by atoms with Crippen molar-refractivity contribution in [3.05, 3.63) is 63.1 Å². The molecule has 0 saturated carbocycles. The monoisotopic (exact) mass is 384 g/mol. The lowest BCUT2D eigenvalue weighted by molar-refractivity contribution is 0.0977. The number of pyridine rings is 1. The Labute approximate surface area is 162 Å². The maximum Gasteiger partial charge on any atom is 0.287 e. The lowest BCUT2D eigenvalue weighted by atomic mass is 10.1. The van der Waals surface area contributed by atoms with Crippen molar-refractivity contribution in [2.24, 2.45) is 0 Å². The molecule has 0 spiro atoms. The first kappa shape index (κ1) is 20.1. The Kier molecular flexibility index (Phi) is 6.32. The molecular weight excluding hydrogens is 364 g/mol. The van der Waals surface area contributed by atoms with Crippen LogP contribution in [0.1, 0.15) is 41.0 Å². The smallest absolute Gasteiger partial charge is 0.287 e. The number of thiocarbonyl (C=S) groups is 1. The molecule has 0 radical (unpaired) electrons. The van der Waals surface area contributed by atoms with E-state index < -0.39 is 11.5 Å². The number of hydrogen-bond acceptors (Lipinski definition) is 5. The maximum atomic E-state index is 12.4. The molecule has 1 aromatic carbocycles. The summed E-state index contributed by atoms with van der Waals surface area (Å²) in [6.45, 7) is 7.21. The molecular formula is C19H20N4O3S. The molecule has 0 aliphatic rings. The SMILES string of the molecule is Cc1cc(C)n(NC(=S)NC(=O)c2ccc(OC(C)C)cc2)c(=O)c1C#N. The molecule has 1 heterocycles. The number of benzene rings is 1. The fourth-order valence-corrected chi connectivity index (χ4v) is 2.61. The predicted octanol–water partition coefficient (Wildman–Crippen LogP) is 2.38. The van der Waals surface area contributed by atoms with E-state index in [2.05, 4.69) is 10.7 Å². The van der Waals surface area contributed by atoms with Gasteiger partial charge in [0.05, 0.1) is 6.10 Å². The van der Waals surface area contributed by atoms with Gasteiger partial charge in [-0.25, -0.2) is 4.68 Å². The standard InChI is InChI=1S/C19H20N4O3S/c1-11(2)26-15-7-5-14(6-8-15)17(24)21-19(27)22-23-13(4)9-12(3)16(10-20)18(23)25/h5-9,11H,1-4H3,(H2,21,22,24,27). The molecule has 0 atom stereocenters. The van der Waals surface area contributed by atoms with Crippen LogP contribution < -0.4 is 21.0 Å². The van der Waals surface area contributed by atoms with Gasteiger partial charge in [0.25, 0.3) is 11.5 Å². The Hall–Kier alpha value is -3.18. The summed E-state index contributed by atoms with van der Waals surface area (Å²) in [4.78, 5) is 24.7. The van der Waals surface area contributed by atoms with Gasteiger partial charge in [-0.1, -0.05) is 0 Å². The zero-order valence-electron chi connectivity index (χ0n) is 15.5.